The van der Waals surface area contributed by atoms with Gasteiger partial charge in [-0.2, -0.15) is 0 Å². The molecule has 36 heavy (non-hydrogen) atoms. The number of imidazole rings is 1. The lowest BCUT2D eigenvalue weighted by atomic mass is 10.0. The molecule has 0 radical (unpaired) electrons. The van der Waals surface area contributed by atoms with Crippen molar-refractivity contribution in [2.45, 2.75) is 26.3 Å². The molecular weight excluding hydrogens is 468 g/mol. The fourth-order valence-electron chi connectivity index (χ4n) is 4.14. The minimum atomic E-state index is 0.0391. The Kier molecular flexibility index (Phi) is 7.38. The molecule has 0 N–H and O–H groups in total. The van der Waals surface area contributed by atoms with Gasteiger partial charge < -0.3 is 9.30 Å². The van der Waals surface area contributed by atoms with Crippen LogP contribution in [0.5, 0.6) is 5.75 Å². The third-order valence-electron chi connectivity index (χ3n) is 5.97. The molecule has 0 saturated heterocycles. The lowest BCUT2D eigenvalue weighted by Crippen LogP contribution is -2.33. The lowest BCUT2D eigenvalue weighted by molar-refractivity contribution is -0.118. The van der Waals surface area contributed by atoms with E-state index in [1.807, 2.05) is 71.1 Å². The first-order chi connectivity index (χ1) is 17.7. The van der Waals surface area contributed by atoms with Crippen LogP contribution in [0.2, 0.25) is 0 Å². The summed E-state index contributed by atoms with van der Waals surface area (Å²) in [6.07, 6.45) is 6.63. The highest BCUT2D eigenvalue weighted by Gasteiger charge is 2.20. The minimum absolute atomic E-state index is 0.0391. The number of carbonyl (C=O) groups excluding carboxylic acids is 1. The van der Waals surface area contributed by atoms with Gasteiger partial charge in [-0.15, -0.1) is 0 Å². The fourth-order valence-corrected chi connectivity index (χ4v) is 5.18. The molecule has 2 heterocycles. The second kappa shape index (κ2) is 11.2. The second-order valence-corrected chi connectivity index (χ2v) is 9.51. The lowest BCUT2D eigenvalue weighted by Gasteiger charge is -2.20. The Balaban J connectivity index is 1.35. The Morgan fingerprint density at radius 2 is 1.83 bits per heavy atom. The van der Waals surface area contributed by atoms with Gasteiger partial charge in [-0.1, -0.05) is 65.9 Å². The number of ether oxygens (including phenoxy) is 1. The number of anilines is 1. The highest BCUT2D eigenvalue weighted by atomic mass is 32.1. The largest absolute Gasteiger partial charge is 0.494 e. The SMILES string of the molecule is CCOc1ccc2nc(N(CCCn3ccnc3)C(=O)Cc3ccc(-c4ccccc4)cc3)sc2c1. The van der Waals surface area contributed by atoms with Gasteiger partial charge in [0.15, 0.2) is 5.13 Å². The number of thiazole rings is 1. The number of carbonyl (C=O) groups is 1. The van der Waals surface area contributed by atoms with Gasteiger partial charge in [0.2, 0.25) is 5.91 Å². The number of amides is 1. The van der Waals surface area contributed by atoms with Gasteiger partial charge in [0.05, 0.1) is 29.6 Å². The molecule has 0 aliphatic carbocycles. The van der Waals surface area contributed by atoms with E-state index in [0.29, 0.717) is 19.6 Å². The Labute approximate surface area is 214 Å². The van der Waals surface area contributed by atoms with E-state index in [9.17, 15) is 4.79 Å². The molecular formula is C29H28N4O2S. The number of rotatable bonds is 10. The van der Waals surface area contributed by atoms with Crippen LogP contribution in [0.4, 0.5) is 5.13 Å². The zero-order valence-corrected chi connectivity index (χ0v) is 21.0. The van der Waals surface area contributed by atoms with Gasteiger partial charge in [0.25, 0.3) is 0 Å². The van der Waals surface area contributed by atoms with E-state index in [1.165, 1.54) is 11.3 Å². The Bertz CT molecular complexity index is 1410. The van der Waals surface area contributed by atoms with Gasteiger partial charge in [-0.05, 0) is 48.2 Å². The number of hydrogen-bond acceptors (Lipinski definition) is 5. The van der Waals surface area contributed by atoms with Crippen molar-refractivity contribution in [2.75, 3.05) is 18.1 Å². The first kappa shape index (κ1) is 23.8. The zero-order chi connectivity index (χ0) is 24.7. The summed E-state index contributed by atoms with van der Waals surface area (Å²) in [5.74, 6) is 0.855. The van der Waals surface area contributed by atoms with Crippen LogP contribution >= 0.6 is 11.3 Å². The van der Waals surface area contributed by atoms with Crippen molar-refractivity contribution in [3.63, 3.8) is 0 Å². The summed E-state index contributed by atoms with van der Waals surface area (Å²) < 4.78 is 8.68. The molecule has 2 aromatic heterocycles. The normalized spacial score (nSPS) is 11.0. The highest BCUT2D eigenvalue weighted by molar-refractivity contribution is 7.22. The Morgan fingerprint density at radius 3 is 2.58 bits per heavy atom. The predicted octanol–water partition coefficient (Wildman–Crippen LogP) is 6.22. The molecule has 182 valence electrons. The summed E-state index contributed by atoms with van der Waals surface area (Å²) in [6, 6.07) is 24.4. The van der Waals surface area contributed by atoms with E-state index >= 15 is 0 Å². The van der Waals surface area contributed by atoms with Crippen molar-refractivity contribution in [1.29, 1.82) is 0 Å². The van der Waals surface area contributed by atoms with Crippen LogP contribution in [-0.2, 0) is 17.8 Å². The number of hydrogen-bond donors (Lipinski definition) is 0. The highest BCUT2D eigenvalue weighted by Crippen LogP contribution is 2.32. The van der Waals surface area contributed by atoms with E-state index in [1.54, 1.807) is 12.5 Å². The fraction of sp³-hybridized carbons (Fsp3) is 0.207. The Morgan fingerprint density at radius 1 is 1.03 bits per heavy atom. The van der Waals surface area contributed by atoms with Crippen molar-refractivity contribution in [2.24, 2.45) is 0 Å². The molecule has 0 bridgehead atoms. The first-order valence-corrected chi connectivity index (χ1v) is 12.9. The van der Waals surface area contributed by atoms with Crippen molar-refractivity contribution < 1.29 is 9.53 Å². The monoisotopic (exact) mass is 496 g/mol. The van der Waals surface area contributed by atoms with Gasteiger partial charge in [0.1, 0.15) is 5.75 Å². The molecule has 5 rings (SSSR count). The number of aromatic nitrogens is 3. The number of nitrogens with zero attached hydrogens (tertiary/aromatic N) is 4. The molecule has 0 unspecified atom stereocenters. The summed E-state index contributed by atoms with van der Waals surface area (Å²) in [7, 11) is 0. The molecule has 0 saturated carbocycles. The van der Waals surface area contributed by atoms with Gasteiger partial charge in [-0.25, -0.2) is 9.97 Å². The van der Waals surface area contributed by atoms with Crippen molar-refractivity contribution in [3.05, 3.63) is 97.1 Å². The topological polar surface area (TPSA) is 60.2 Å². The number of fused-ring (bicyclic) bond motifs is 1. The van der Waals surface area contributed by atoms with E-state index < -0.39 is 0 Å². The Hall–Kier alpha value is -3.97. The summed E-state index contributed by atoms with van der Waals surface area (Å²) in [5.41, 5.74) is 4.16. The smallest absolute Gasteiger partial charge is 0.233 e. The molecule has 0 spiro atoms. The van der Waals surface area contributed by atoms with E-state index in [0.717, 1.165) is 50.8 Å². The van der Waals surface area contributed by atoms with Crippen LogP contribution in [0, 0.1) is 0 Å². The maximum Gasteiger partial charge on any atom is 0.233 e. The molecule has 5 aromatic rings. The van der Waals surface area contributed by atoms with Crippen LogP contribution in [0.3, 0.4) is 0 Å². The summed E-state index contributed by atoms with van der Waals surface area (Å²) >= 11 is 1.53. The summed E-state index contributed by atoms with van der Waals surface area (Å²) in [5, 5.41) is 0.718. The zero-order valence-electron chi connectivity index (χ0n) is 20.2. The van der Waals surface area contributed by atoms with E-state index in [-0.39, 0.29) is 5.91 Å². The second-order valence-electron chi connectivity index (χ2n) is 8.50. The summed E-state index contributed by atoms with van der Waals surface area (Å²) in [6.45, 7) is 3.95. The minimum Gasteiger partial charge on any atom is -0.494 e. The van der Waals surface area contributed by atoms with E-state index in [4.69, 9.17) is 9.72 Å². The van der Waals surface area contributed by atoms with Crippen LogP contribution in [0.1, 0.15) is 18.9 Å². The molecule has 7 heteroatoms. The van der Waals surface area contributed by atoms with Crippen molar-refractivity contribution in [3.8, 4) is 16.9 Å². The number of benzene rings is 3. The van der Waals surface area contributed by atoms with Crippen LogP contribution in [-0.4, -0.2) is 33.6 Å². The molecule has 3 aromatic carbocycles. The average molecular weight is 497 g/mol. The van der Waals surface area contributed by atoms with Gasteiger partial charge in [0, 0.05) is 25.5 Å². The van der Waals surface area contributed by atoms with Crippen LogP contribution in [0.15, 0.2) is 91.5 Å². The third kappa shape index (κ3) is 5.63. The number of aryl methyl sites for hydroxylation is 1. The van der Waals surface area contributed by atoms with Gasteiger partial charge >= 0.3 is 0 Å². The predicted molar refractivity (Wildman–Crippen MR) is 146 cm³/mol. The van der Waals surface area contributed by atoms with Gasteiger partial charge in [-0.3, -0.25) is 9.69 Å². The molecule has 1 amide bonds. The average Bonchev–Trinajstić information content (AvgIpc) is 3.57. The maximum absolute atomic E-state index is 13.6. The maximum atomic E-state index is 13.6. The summed E-state index contributed by atoms with van der Waals surface area (Å²) in [4.78, 5) is 24.3. The van der Waals surface area contributed by atoms with E-state index in [2.05, 4.69) is 29.2 Å². The third-order valence-corrected chi connectivity index (χ3v) is 7.01. The molecule has 0 aliphatic rings. The van der Waals surface area contributed by atoms with Crippen molar-refractivity contribution in [1.82, 2.24) is 14.5 Å². The van der Waals surface area contributed by atoms with Crippen LogP contribution < -0.4 is 9.64 Å². The molecule has 6 nitrogen and oxygen atoms in total. The first-order valence-electron chi connectivity index (χ1n) is 12.1. The van der Waals surface area contributed by atoms with Crippen molar-refractivity contribution >= 4 is 32.6 Å². The molecule has 0 aliphatic heterocycles. The quantitative estimate of drug-likeness (QED) is 0.230. The standard InChI is InChI=1S/C29H28N4O2S/c1-2-35-25-13-14-26-27(20-25)36-29(31-26)33(17-6-16-32-18-15-30-21-32)28(34)19-22-9-11-24(12-10-22)23-7-4-3-5-8-23/h3-5,7-15,18,20-21H,2,6,16-17,19H2,1H3. The molecule has 0 atom stereocenters. The molecule has 0 fully saturated rings. The van der Waals surface area contributed by atoms with Crippen LogP contribution in [0.25, 0.3) is 21.3 Å².